The van der Waals surface area contributed by atoms with E-state index >= 15 is 0 Å². The Bertz CT molecular complexity index is 554. The molecule has 1 amide bonds. The van der Waals surface area contributed by atoms with E-state index in [0.29, 0.717) is 25.2 Å². The van der Waals surface area contributed by atoms with Crippen molar-refractivity contribution in [2.75, 3.05) is 26.2 Å². The SMILES string of the molecule is CCCCNC(=O)[C@H]1CCCN(C[C@@H](O)c2ccc(F)c(F)c2)C1. The zero-order valence-corrected chi connectivity index (χ0v) is 14.1. The van der Waals surface area contributed by atoms with Crippen molar-refractivity contribution in [2.45, 2.75) is 38.7 Å². The van der Waals surface area contributed by atoms with Crippen molar-refractivity contribution < 1.29 is 18.7 Å². The van der Waals surface area contributed by atoms with Crippen LogP contribution in [-0.2, 0) is 4.79 Å². The Kier molecular flexibility index (Phi) is 7.12. The summed E-state index contributed by atoms with van der Waals surface area (Å²) in [6.45, 7) is 4.46. The van der Waals surface area contributed by atoms with Gasteiger partial charge >= 0.3 is 0 Å². The van der Waals surface area contributed by atoms with E-state index in [9.17, 15) is 18.7 Å². The summed E-state index contributed by atoms with van der Waals surface area (Å²) in [5.41, 5.74) is 0.350. The predicted octanol–water partition coefficient (Wildman–Crippen LogP) is 2.63. The second-order valence-electron chi connectivity index (χ2n) is 6.43. The number of amides is 1. The molecule has 1 aliphatic rings. The number of rotatable bonds is 7. The number of nitrogens with zero attached hydrogens (tertiary/aromatic N) is 1. The van der Waals surface area contributed by atoms with Gasteiger partial charge in [-0.15, -0.1) is 0 Å². The molecule has 0 aromatic heterocycles. The standard InChI is InChI=1S/C18H26F2N2O2/c1-2-3-8-21-18(24)14-5-4-9-22(11-14)12-17(23)13-6-7-15(19)16(20)10-13/h6-7,10,14,17,23H,2-5,8-9,11-12H2,1H3,(H,21,24)/t14-,17+/m0/s1. The topological polar surface area (TPSA) is 52.6 Å². The van der Waals surface area contributed by atoms with E-state index in [1.165, 1.54) is 6.07 Å². The molecule has 1 aromatic carbocycles. The highest BCUT2D eigenvalue weighted by Gasteiger charge is 2.27. The van der Waals surface area contributed by atoms with Crippen molar-refractivity contribution in [3.05, 3.63) is 35.4 Å². The summed E-state index contributed by atoms with van der Waals surface area (Å²) in [7, 11) is 0. The van der Waals surface area contributed by atoms with Gasteiger partial charge in [-0.05, 0) is 43.5 Å². The highest BCUT2D eigenvalue weighted by Crippen LogP contribution is 2.22. The largest absolute Gasteiger partial charge is 0.387 e. The zero-order chi connectivity index (χ0) is 17.5. The van der Waals surface area contributed by atoms with Gasteiger partial charge < -0.3 is 10.4 Å². The van der Waals surface area contributed by atoms with Crippen molar-refractivity contribution in [3.63, 3.8) is 0 Å². The van der Waals surface area contributed by atoms with Crippen molar-refractivity contribution in [2.24, 2.45) is 5.92 Å². The molecule has 0 aliphatic carbocycles. The predicted molar refractivity (Wildman–Crippen MR) is 88.4 cm³/mol. The summed E-state index contributed by atoms with van der Waals surface area (Å²) in [5.74, 6) is -1.89. The van der Waals surface area contributed by atoms with Crippen LogP contribution in [0.15, 0.2) is 18.2 Å². The number of nitrogens with one attached hydrogen (secondary N) is 1. The molecule has 6 heteroatoms. The van der Waals surface area contributed by atoms with Crippen molar-refractivity contribution in [1.82, 2.24) is 10.2 Å². The molecule has 0 saturated carbocycles. The Morgan fingerprint density at radius 1 is 1.42 bits per heavy atom. The monoisotopic (exact) mass is 340 g/mol. The van der Waals surface area contributed by atoms with Crippen LogP contribution in [0.1, 0.15) is 44.3 Å². The Morgan fingerprint density at radius 3 is 2.92 bits per heavy atom. The summed E-state index contributed by atoms with van der Waals surface area (Å²) < 4.78 is 26.3. The maximum atomic E-state index is 13.3. The number of carbonyl (C=O) groups is 1. The summed E-state index contributed by atoms with van der Waals surface area (Å²) in [6.07, 6.45) is 2.84. The minimum Gasteiger partial charge on any atom is -0.387 e. The van der Waals surface area contributed by atoms with Gasteiger partial charge in [-0.1, -0.05) is 19.4 Å². The van der Waals surface area contributed by atoms with Crippen molar-refractivity contribution in [3.8, 4) is 0 Å². The minimum absolute atomic E-state index is 0.0652. The molecular weight excluding hydrogens is 314 g/mol. The smallest absolute Gasteiger partial charge is 0.224 e. The van der Waals surface area contributed by atoms with E-state index in [-0.39, 0.29) is 11.8 Å². The van der Waals surface area contributed by atoms with Crippen molar-refractivity contribution >= 4 is 5.91 Å². The summed E-state index contributed by atoms with van der Waals surface area (Å²) in [4.78, 5) is 14.2. The Balaban J connectivity index is 1.87. The number of piperidine rings is 1. The first-order valence-electron chi connectivity index (χ1n) is 8.64. The van der Waals surface area contributed by atoms with Crippen LogP contribution >= 0.6 is 0 Å². The third kappa shape index (κ3) is 5.24. The molecule has 1 fully saturated rings. The van der Waals surface area contributed by atoms with Crippen LogP contribution in [0.3, 0.4) is 0 Å². The molecule has 2 N–H and O–H groups in total. The minimum atomic E-state index is -0.960. The lowest BCUT2D eigenvalue weighted by Gasteiger charge is -2.33. The molecule has 0 unspecified atom stereocenters. The second kappa shape index (κ2) is 9.08. The number of benzene rings is 1. The molecule has 1 aliphatic heterocycles. The number of carbonyl (C=O) groups excluding carboxylic acids is 1. The van der Waals surface area contributed by atoms with Gasteiger partial charge in [-0.25, -0.2) is 8.78 Å². The highest BCUT2D eigenvalue weighted by atomic mass is 19.2. The number of aliphatic hydroxyl groups is 1. The average Bonchev–Trinajstić information content (AvgIpc) is 2.57. The number of likely N-dealkylation sites (tertiary alicyclic amines) is 1. The third-order valence-electron chi connectivity index (χ3n) is 4.47. The highest BCUT2D eigenvalue weighted by molar-refractivity contribution is 5.78. The van der Waals surface area contributed by atoms with Gasteiger partial charge in [-0.2, -0.15) is 0 Å². The van der Waals surface area contributed by atoms with Gasteiger partial charge in [0.1, 0.15) is 0 Å². The lowest BCUT2D eigenvalue weighted by atomic mass is 9.96. The van der Waals surface area contributed by atoms with Crippen LogP contribution in [0.25, 0.3) is 0 Å². The fraction of sp³-hybridized carbons (Fsp3) is 0.611. The van der Waals surface area contributed by atoms with Crippen LogP contribution in [0.2, 0.25) is 0 Å². The van der Waals surface area contributed by atoms with E-state index in [0.717, 1.165) is 44.4 Å². The normalized spacial score (nSPS) is 19.9. The lowest BCUT2D eigenvalue weighted by Crippen LogP contribution is -2.44. The molecule has 0 bridgehead atoms. The quantitative estimate of drug-likeness (QED) is 0.750. The van der Waals surface area contributed by atoms with Crippen LogP contribution in [0, 0.1) is 17.6 Å². The van der Waals surface area contributed by atoms with E-state index < -0.39 is 17.7 Å². The first-order valence-corrected chi connectivity index (χ1v) is 8.64. The molecule has 0 spiro atoms. The zero-order valence-electron chi connectivity index (χ0n) is 14.1. The summed E-state index contributed by atoms with van der Waals surface area (Å²) >= 11 is 0. The summed E-state index contributed by atoms with van der Waals surface area (Å²) in [5, 5.41) is 13.2. The summed E-state index contributed by atoms with van der Waals surface area (Å²) in [6, 6.07) is 3.44. The molecular formula is C18H26F2N2O2. The van der Waals surface area contributed by atoms with Gasteiger partial charge in [0.05, 0.1) is 12.0 Å². The molecule has 1 saturated heterocycles. The van der Waals surface area contributed by atoms with Crippen LogP contribution in [0.5, 0.6) is 0 Å². The molecule has 24 heavy (non-hydrogen) atoms. The Morgan fingerprint density at radius 2 is 2.21 bits per heavy atom. The van der Waals surface area contributed by atoms with E-state index in [4.69, 9.17) is 0 Å². The molecule has 1 aromatic rings. The Hall–Kier alpha value is -1.53. The number of hydrogen-bond donors (Lipinski definition) is 2. The third-order valence-corrected chi connectivity index (χ3v) is 4.47. The maximum Gasteiger partial charge on any atom is 0.224 e. The molecule has 1 heterocycles. The van der Waals surface area contributed by atoms with Crippen LogP contribution < -0.4 is 5.32 Å². The molecule has 134 valence electrons. The van der Waals surface area contributed by atoms with Gasteiger partial charge in [0.15, 0.2) is 11.6 Å². The number of β-amino-alcohol motifs (C(OH)–C–C–N with tert-alkyl or cyclic N) is 1. The number of aliphatic hydroxyl groups excluding tert-OH is 1. The van der Waals surface area contributed by atoms with Gasteiger partial charge in [-0.3, -0.25) is 9.69 Å². The van der Waals surface area contributed by atoms with Crippen LogP contribution in [-0.4, -0.2) is 42.1 Å². The van der Waals surface area contributed by atoms with Gasteiger partial charge in [0.25, 0.3) is 0 Å². The van der Waals surface area contributed by atoms with Crippen LogP contribution in [0.4, 0.5) is 8.78 Å². The first kappa shape index (κ1) is 18.8. The molecule has 2 atom stereocenters. The maximum absolute atomic E-state index is 13.3. The lowest BCUT2D eigenvalue weighted by molar-refractivity contribution is -0.126. The fourth-order valence-electron chi connectivity index (χ4n) is 3.04. The number of unbranched alkanes of at least 4 members (excludes halogenated alkanes) is 1. The second-order valence-corrected chi connectivity index (χ2v) is 6.43. The van der Waals surface area contributed by atoms with E-state index in [2.05, 4.69) is 12.2 Å². The number of halogens is 2. The van der Waals surface area contributed by atoms with Gasteiger partial charge in [0, 0.05) is 19.6 Å². The average molecular weight is 340 g/mol. The fourth-order valence-corrected chi connectivity index (χ4v) is 3.04. The first-order chi connectivity index (χ1) is 11.5. The van der Waals surface area contributed by atoms with Gasteiger partial charge in [0.2, 0.25) is 5.91 Å². The van der Waals surface area contributed by atoms with E-state index in [1.807, 2.05) is 4.90 Å². The van der Waals surface area contributed by atoms with E-state index in [1.54, 1.807) is 0 Å². The number of hydrogen-bond acceptors (Lipinski definition) is 3. The van der Waals surface area contributed by atoms with Crippen molar-refractivity contribution in [1.29, 1.82) is 0 Å². The molecule has 2 rings (SSSR count). The molecule has 0 radical (unpaired) electrons. The molecule has 4 nitrogen and oxygen atoms in total. The Labute approximate surface area is 141 Å².